The number of nitrogens with zero attached hydrogens (tertiary/aromatic N) is 3. The third kappa shape index (κ3) is 3.72. The third-order valence-corrected chi connectivity index (χ3v) is 3.66. The second kappa shape index (κ2) is 7.28. The molecule has 0 saturated carbocycles. The molecule has 1 aromatic rings. The highest BCUT2D eigenvalue weighted by Gasteiger charge is 2.30. The molecule has 0 aromatic carbocycles. The standard InChI is InChI=1S/C12H19N3O4S/c1-5-8-13-14-12(20-6-9(16)17)15(8)10(7(2)3)11(18)19-4/h7,10H,5-6H2,1-4H3,(H,16,17). The Kier molecular flexibility index (Phi) is 6.00. The molecule has 112 valence electrons. The predicted octanol–water partition coefficient (Wildman–Crippen LogP) is 1.39. The van der Waals surface area contributed by atoms with Gasteiger partial charge in [-0.2, -0.15) is 0 Å². The summed E-state index contributed by atoms with van der Waals surface area (Å²) in [7, 11) is 1.33. The van der Waals surface area contributed by atoms with Crippen LogP contribution in [0, 0.1) is 5.92 Å². The van der Waals surface area contributed by atoms with Gasteiger partial charge in [0, 0.05) is 6.42 Å². The number of methoxy groups -OCH3 is 1. The number of aryl methyl sites for hydroxylation is 1. The van der Waals surface area contributed by atoms with E-state index in [4.69, 9.17) is 9.84 Å². The summed E-state index contributed by atoms with van der Waals surface area (Å²) in [6, 6.07) is -0.554. The second-order valence-corrected chi connectivity index (χ2v) is 5.46. The molecule has 1 N–H and O–H groups in total. The van der Waals surface area contributed by atoms with E-state index in [9.17, 15) is 9.59 Å². The molecule has 1 heterocycles. The Morgan fingerprint density at radius 2 is 2.05 bits per heavy atom. The summed E-state index contributed by atoms with van der Waals surface area (Å²) in [6.45, 7) is 5.69. The third-order valence-electron chi connectivity index (χ3n) is 2.73. The maximum atomic E-state index is 12.0. The summed E-state index contributed by atoms with van der Waals surface area (Å²) in [5, 5.41) is 17.2. The number of esters is 1. The van der Waals surface area contributed by atoms with E-state index in [2.05, 4.69) is 10.2 Å². The molecule has 1 aromatic heterocycles. The van der Waals surface area contributed by atoms with E-state index >= 15 is 0 Å². The van der Waals surface area contributed by atoms with Crippen LogP contribution in [0.1, 0.15) is 32.6 Å². The van der Waals surface area contributed by atoms with Crippen molar-refractivity contribution >= 4 is 23.7 Å². The Hall–Kier alpha value is -1.57. The number of ether oxygens (including phenoxy) is 1. The first-order chi connectivity index (χ1) is 9.42. The van der Waals surface area contributed by atoms with Gasteiger partial charge < -0.3 is 9.84 Å². The molecule has 0 spiro atoms. The summed E-state index contributed by atoms with van der Waals surface area (Å²) in [5.74, 6) is -0.836. The van der Waals surface area contributed by atoms with Crippen LogP contribution in [0.25, 0.3) is 0 Å². The van der Waals surface area contributed by atoms with Crippen LogP contribution in [0.5, 0.6) is 0 Å². The minimum atomic E-state index is -0.943. The average molecular weight is 301 g/mol. The van der Waals surface area contributed by atoms with Gasteiger partial charge in [0.2, 0.25) is 0 Å². The van der Waals surface area contributed by atoms with Crippen LogP contribution in [0.3, 0.4) is 0 Å². The zero-order chi connectivity index (χ0) is 15.3. The monoisotopic (exact) mass is 301 g/mol. The molecule has 1 atom stereocenters. The van der Waals surface area contributed by atoms with Crippen LogP contribution in [-0.2, 0) is 20.7 Å². The lowest BCUT2D eigenvalue weighted by Gasteiger charge is -2.22. The van der Waals surface area contributed by atoms with Crippen molar-refractivity contribution in [2.24, 2.45) is 5.92 Å². The summed E-state index contributed by atoms with van der Waals surface area (Å²) in [5.41, 5.74) is 0. The van der Waals surface area contributed by atoms with Crippen LogP contribution in [-0.4, -0.2) is 44.7 Å². The highest BCUT2D eigenvalue weighted by molar-refractivity contribution is 7.99. The molecule has 0 saturated heterocycles. The van der Waals surface area contributed by atoms with Crippen molar-refractivity contribution in [3.05, 3.63) is 5.82 Å². The number of carbonyl (C=O) groups is 2. The van der Waals surface area contributed by atoms with E-state index in [0.29, 0.717) is 17.4 Å². The van der Waals surface area contributed by atoms with E-state index < -0.39 is 12.0 Å². The number of carboxylic acid groups (broad SMARTS) is 1. The second-order valence-electron chi connectivity index (χ2n) is 4.52. The smallest absolute Gasteiger partial charge is 0.329 e. The Balaban J connectivity index is 3.19. The lowest BCUT2D eigenvalue weighted by Crippen LogP contribution is -2.28. The quantitative estimate of drug-likeness (QED) is 0.600. The van der Waals surface area contributed by atoms with Gasteiger partial charge in [0.25, 0.3) is 0 Å². The fraction of sp³-hybridized carbons (Fsp3) is 0.667. The zero-order valence-electron chi connectivity index (χ0n) is 12.0. The van der Waals surface area contributed by atoms with Crippen molar-refractivity contribution in [2.75, 3.05) is 12.9 Å². The normalized spacial score (nSPS) is 12.4. The maximum absolute atomic E-state index is 12.0. The van der Waals surface area contributed by atoms with E-state index in [0.717, 1.165) is 11.8 Å². The highest BCUT2D eigenvalue weighted by Crippen LogP contribution is 2.27. The average Bonchev–Trinajstić information content (AvgIpc) is 2.78. The zero-order valence-corrected chi connectivity index (χ0v) is 12.8. The van der Waals surface area contributed by atoms with Gasteiger partial charge in [-0.25, -0.2) is 4.79 Å². The topological polar surface area (TPSA) is 94.3 Å². The van der Waals surface area contributed by atoms with E-state index in [1.54, 1.807) is 4.57 Å². The van der Waals surface area contributed by atoms with Gasteiger partial charge in [-0.05, 0) is 5.92 Å². The fourth-order valence-corrected chi connectivity index (χ4v) is 2.56. The molecule has 0 aliphatic carbocycles. The molecule has 1 unspecified atom stereocenters. The number of thioether (sulfide) groups is 1. The fourth-order valence-electron chi connectivity index (χ4n) is 1.85. The van der Waals surface area contributed by atoms with Gasteiger partial charge >= 0.3 is 11.9 Å². The number of carboxylic acids is 1. The predicted molar refractivity (Wildman–Crippen MR) is 73.7 cm³/mol. The Labute approximate surface area is 121 Å². The minimum Gasteiger partial charge on any atom is -0.481 e. The van der Waals surface area contributed by atoms with Crippen LogP contribution in [0.15, 0.2) is 5.16 Å². The van der Waals surface area contributed by atoms with Gasteiger partial charge in [-0.15, -0.1) is 10.2 Å². The molecular formula is C12H19N3O4S. The molecule has 0 amide bonds. The number of hydrogen-bond acceptors (Lipinski definition) is 6. The molecule has 0 fully saturated rings. The molecule has 0 bridgehead atoms. The molecule has 7 nitrogen and oxygen atoms in total. The maximum Gasteiger partial charge on any atom is 0.329 e. The van der Waals surface area contributed by atoms with Crippen LogP contribution in [0.2, 0.25) is 0 Å². The van der Waals surface area contributed by atoms with Gasteiger partial charge in [-0.1, -0.05) is 32.5 Å². The number of hydrogen-bond donors (Lipinski definition) is 1. The Morgan fingerprint density at radius 1 is 1.40 bits per heavy atom. The summed E-state index contributed by atoms with van der Waals surface area (Å²) < 4.78 is 6.52. The van der Waals surface area contributed by atoms with Gasteiger partial charge in [0.1, 0.15) is 11.9 Å². The van der Waals surface area contributed by atoms with Crippen molar-refractivity contribution in [1.29, 1.82) is 0 Å². The number of carbonyl (C=O) groups excluding carboxylic acids is 1. The minimum absolute atomic E-state index is 0.0204. The summed E-state index contributed by atoms with van der Waals surface area (Å²) in [4.78, 5) is 22.7. The summed E-state index contributed by atoms with van der Waals surface area (Å²) in [6.07, 6.45) is 0.598. The van der Waals surface area contributed by atoms with Gasteiger partial charge in [-0.3, -0.25) is 9.36 Å². The van der Waals surface area contributed by atoms with E-state index in [1.807, 2.05) is 20.8 Å². The Bertz CT molecular complexity index is 487. The molecule has 0 radical (unpaired) electrons. The van der Waals surface area contributed by atoms with Crippen LogP contribution < -0.4 is 0 Å². The van der Waals surface area contributed by atoms with Gasteiger partial charge in [0.05, 0.1) is 12.9 Å². The highest BCUT2D eigenvalue weighted by atomic mass is 32.2. The first kappa shape index (κ1) is 16.5. The van der Waals surface area contributed by atoms with E-state index in [1.165, 1.54) is 7.11 Å². The van der Waals surface area contributed by atoms with Crippen LogP contribution in [0.4, 0.5) is 0 Å². The molecule has 8 heteroatoms. The van der Waals surface area contributed by atoms with E-state index in [-0.39, 0.29) is 17.6 Å². The number of aliphatic carboxylic acids is 1. The molecule has 1 rings (SSSR count). The molecule has 20 heavy (non-hydrogen) atoms. The van der Waals surface area contributed by atoms with Crippen molar-refractivity contribution in [1.82, 2.24) is 14.8 Å². The molecule has 0 aliphatic heterocycles. The molecular weight excluding hydrogens is 282 g/mol. The lowest BCUT2D eigenvalue weighted by molar-refractivity contribution is -0.146. The van der Waals surface area contributed by atoms with Crippen molar-refractivity contribution < 1.29 is 19.4 Å². The number of aromatic nitrogens is 3. The Morgan fingerprint density at radius 3 is 2.50 bits per heavy atom. The summed E-state index contributed by atoms with van der Waals surface area (Å²) >= 11 is 1.05. The first-order valence-electron chi connectivity index (χ1n) is 6.28. The van der Waals surface area contributed by atoms with Crippen molar-refractivity contribution in [3.8, 4) is 0 Å². The first-order valence-corrected chi connectivity index (χ1v) is 7.27. The van der Waals surface area contributed by atoms with Gasteiger partial charge in [0.15, 0.2) is 5.16 Å². The van der Waals surface area contributed by atoms with Crippen LogP contribution >= 0.6 is 11.8 Å². The number of rotatable bonds is 7. The lowest BCUT2D eigenvalue weighted by atomic mass is 10.0. The van der Waals surface area contributed by atoms with Crippen molar-refractivity contribution in [3.63, 3.8) is 0 Å². The van der Waals surface area contributed by atoms with Crippen molar-refractivity contribution in [2.45, 2.75) is 38.4 Å². The SMILES string of the molecule is CCc1nnc(SCC(=O)O)n1C(C(=O)OC)C(C)C. The largest absolute Gasteiger partial charge is 0.481 e. The molecule has 0 aliphatic rings.